The minimum atomic E-state index is -0.639. The van der Waals surface area contributed by atoms with E-state index in [1.165, 1.54) is 47.4 Å². The first-order chi connectivity index (χ1) is 11.1. The molecule has 1 aromatic carbocycles. The number of benzene rings is 1. The fourth-order valence-electron chi connectivity index (χ4n) is 1.93. The molecule has 1 N–H and O–H groups in total. The average molecular weight is 310 g/mol. The lowest BCUT2D eigenvalue weighted by Crippen LogP contribution is -2.25. The molecule has 0 spiro atoms. The Balaban J connectivity index is 1.93. The third-order valence-electron chi connectivity index (χ3n) is 3.03. The van der Waals surface area contributed by atoms with E-state index in [0.717, 1.165) is 0 Å². The van der Waals surface area contributed by atoms with E-state index < -0.39 is 11.3 Å². The highest BCUT2D eigenvalue weighted by atomic mass is 19.1. The monoisotopic (exact) mass is 310 g/mol. The zero-order chi connectivity index (χ0) is 16.2. The Morgan fingerprint density at radius 1 is 1.13 bits per heavy atom. The summed E-state index contributed by atoms with van der Waals surface area (Å²) in [7, 11) is 0. The third kappa shape index (κ3) is 3.29. The molecule has 0 aliphatic carbocycles. The van der Waals surface area contributed by atoms with Crippen molar-refractivity contribution in [2.24, 2.45) is 0 Å². The average Bonchev–Trinajstić information content (AvgIpc) is 2.57. The summed E-state index contributed by atoms with van der Waals surface area (Å²) >= 11 is 0. The van der Waals surface area contributed by atoms with E-state index in [0.29, 0.717) is 11.4 Å². The molecular formula is C16H11FN4O2. The molecule has 3 rings (SSSR count). The van der Waals surface area contributed by atoms with Gasteiger partial charge >= 0.3 is 0 Å². The first-order valence-corrected chi connectivity index (χ1v) is 6.71. The van der Waals surface area contributed by atoms with Gasteiger partial charge in [-0.1, -0.05) is 0 Å². The number of hydrogen-bond acceptors (Lipinski definition) is 4. The molecule has 0 radical (unpaired) electrons. The van der Waals surface area contributed by atoms with Gasteiger partial charge in [-0.15, -0.1) is 0 Å². The predicted octanol–water partition coefficient (Wildman–Crippen LogP) is 2.02. The summed E-state index contributed by atoms with van der Waals surface area (Å²) in [6, 6.07) is 10.1. The molecule has 1 amide bonds. The van der Waals surface area contributed by atoms with E-state index in [1.54, 1.807) is 18.3 Å². The maximum Gasteiger partial charge on any atom is 0.280 e. The molecule has 2 heterocycles. The number of carbonyl (C=O) groups excluding carboxylic acids is 1. The van der Waals surface area contributed by atoms with Crippen LogP contribution in [0.25, 0.3) is 5.69 Å². The summed E-state index contributed by atoms with van der Waals surface area (Å²) in [4.78, 5) is 27.9. The number of aromatic nitrogens is 3. The molecular weight excluding hydrogens is 299 g/mol. The number of carbonyl (C=O) groups is 1. The van der Waals surface area contributed by atoms with E-state index in [4.69, 9.17) is 0 Å². The number of hydrogen-bond donors (Lipinski definition) is 1. The SMILES string of the molecule is O=C(Nc1cccnc1)c1nn(-c2ccc(F)cc2)ccc1=O. The number of anilines is 1. The molecule has 0 fully saturated rings. The fraction of sp³-hybridized carbons (Fsp3) is 0. The van der Waals surface area contributed by atoms with Crippen LogP contribution in [0.4, 0.5) is 10.1 Å². The fourth-order valence-corrected chi connectivity index (χ4v) is 1.93. The normalized spacial score (nSPS) is 10.3. The Bertz CT molecular complexity index is 892. The number of halogens is 1. The van der Waals surface area contributed by atoms with Crippen LogP contribution in [0.5, 0.6) is 0 Å². The highest BCUT2D eigenvalue weighted by molar-refractivity contribution is 6.02. The topological polar surface area (TPSA) is 76.9 Å². The summed E-state index contributed by atoms with van der Waals surface area (Å²) in [5, 5.41) is 6.57. The van der Waals surface area contributed by atoms with Gasteiger partial charge in [0.1, 0.15) is 5.82 Å². The van der Waals surface area contributed by atoms with E-state index >= 15 is 0 Å². The van der Waals surface area contributed by atoms with Gasteiger partial charge < -0.3 is 5.32 Å². The van der Waals surface area contributed by atoms with Gasteiger partial charge in [0.2, 0.25) is 5.43 Å². The zero-order valence-electron chi connectivity index (χ0n) is 11.8. The summed E-state index contributed by atoms with van der Waals surface area (Å²) in [5.41, 5.74) is 0.211. The maximum absolute atomic E-state index is 13.0. The second-order valence-electron chi connectivity index (χ2n) is 4.65. The minimum Gasteiger partial charge on any atom is -0.319 e. The number of rotatable bonds is 3. The smallest absolute Gasteiger partial charge is 0.280 e. The van der Waals surface area contributed by atoms with Crippen LogP contribution in [0.2, 0.25) is 0 Å². The van der Waals surface area contributed by atoms with Crippen LogP contribution in [0.3, 0.4) is 0 Å². The van der Waals surface area contributed by atoms with Crippen molar-refractivity contribution in [1.29, 1.82) is 0 Å². The van der Waals surface area contributed by atoms with Crippen LogP contribution < -0.4 is 10.7 Å². The molecule has 0 atom stereocenters. The van der Waals surface area contributed by atoms with Crippen LogP contribution in [-0.2, 0) is 0 Å². The van der Waals surface area contributed by atoms with Gasteiger partial charge in [0.25, 0.3) is 5.91 Å². The van der Waals surface area contributed by atoms with Gasteiger partial charge in [0.05, 0.1) is 17.6 Å². The molecule has 0 aliphatic heterocycles. The molecule has 0 aliphatic rings. The van der Waals surface area contributed by atoms with E-state index in [2.05, 4.69) is 15.4 Å². The van der Waals surface area contributed by atoms with Crippen molar-refractivity contribution in [3.8, 4) is 5.69 Å². The Hall–Kier alpha value is -3.35. The zero-order valence-corrected chi connectivity index (χ0v) is 11.8. The molecule has 0 unspecified atom stereocenters. The van der Waals surface area contributed by atoms with Gasteiger partial charge in [-0.3, -0.25) is 14.6 Å². The van der Waals surface area contributed by atoms with Crippen molar-refractivity contribution in [2.75, 3.05) is 5.32 Å². The lowest BCUT2D eigenvalue weighted by molar-refractivity contribution is 0.101. The highest BCUT2D eigenvalue weighted by Gasteiger charge is 2.13. The van der Waals surface area contributed by atoms with Crippen molar-refractivity contribution in [1.82, 2.24) is 14.8 Å². The van der Waals surface area contributed by atoms with Crippen LogP contribution in [0.15, 0.2) is 65.8 Å². The molecule has 2 aromatic heterocycles. The Morgan fingerprint density at radius 3 is 2.61 bits per heavy atom. The summed E-state index contributed by atoms with van der Waals surface area (Å²) in [5.74, 6) is -1.02. The first kappa shape index (κ1) is 14.6. The van der Waals surface area contributed by atoms with E-state index in [-0.39, 0.29) is 11.5 Å². The lowest BCUT2D eigenvalue weighted by atomic mass is 10.3. The molecule has 7 heteroatoms. The van der Waals surface area contributed by atoms with Gasteiger partial charge in [0, 0.05) is 18.5 Å². The molecule has 3 aromatic rings. The van der Waals surface area contributed by atoms with Crippen molar-refractivity contribution in [3.05, 3.63) is 82.8 Å². The largest absolute Gasteiger partial charge is 0.319 e. The van der Waals surface area contributed by atoms with Gasteiger partial charge in [-0.05, 0) is 36.4 Å². The van der Waals surface area contributed by atoms with E-state index in [1.807, 2.05) is 0 Å². The molecule has 0 bridgehead atoms. The second-order valence-corrected chi connectivity index (χ2v) is 4.65. The second kappa shape index (κ2) is 6.18. The van der Waals surface area contributed by atoms with E-state index in [9.17, 15) is 14.0 Å². The Kier molecular flexibility index (Phi) is 3.92. The lowest BCUT2D eigenvalue weighted by Gasteiger charge is -2.08. The standard InChI is InChI=1S/C16H11FN4O2/c17-11-3-5-13(6-4-11)21-9-7-14(22)15(20-21)16(23)19-12-2-1-8-18-10-12/h1-10H,(H,19,23). The Morgan fingerprint density at radius 2 is 1.91 bits per heavy atom. The van der Waals surface area contributed by atoms with Crippen LogP contribution in [0.1, 0.15) is 10.5 Å². The molecule has 6 nitrogen and oxygen atoms in total. The number of amides is 1. The van der Waals surface area contributed by atoms with Crippen molar-refractivity contribution >= 4 is 11.6 Å². The maximum atomic E-state index is 13.0. The number of pyridine rings is 1. The number of nitrogens with zero attached hydrogens (tertiary/aromatic N) is 3. The van der Waals surface area contributed by atoms with Gasteiger partial charge in [-0.2, -0.15) is 5.10 Å². The van der Waals surface area contributed by atoms with Crippen LogP contribution >= 0.6 is 0 Å². The van der Waals surface area contributed by atoms with Crippen molar-refractivity contribution < 1.29 is 9.18 Å². The third-order valence-corrected chi connectivity index (χ3v) is 3.03. The van der Waals surface area contributed by atoms with Crippen LogP contribution in [-0.4, -0.2) is 20.7 Å². The van der Waals surface area contributed by atoms with Crippen molar-refractivity contribution in [3.63, 3.8) is 0 Å². The molecule has 0 saturated heterocycles. The predicted molar refractivity (Wildman–Crippen MR) is 82.0 cm³/mol. The summed E-state index contributed by atoms with van der Waals surface area (Å²) in [6.45, 7) is 0. The minimum absolute atomic E-state index is 0.263. The van der Waals surface area contributed by atoms with Gasteiger partial charge in [-0.25, -0.2) is 9.07 Å². The molecule has 0 saturated carbocycles. The highest BCUT2D eigenvalue weighted by Crippen LogP contribution is 2.08. The van der Waals surface area contributed by atoms with Gasteiger partial charge in [0.15, 0.2) is 5.69 Å². The van der Waals surface area contributed by atoms with Crippen LogP contribution in [0, 0.1) is 5.82 Å². The van der Waals surface area contributed by atoms with Crippen molar-refractivity contribution in [2.45, 2.75) is 0 Å². The Labute approximate surface area is 130 Å². The molecule has 23 heavy (non-hydrogen) atoms. The summed E-state index contributed by atoms with van der Waals surface area (Å²) in [6.07, 6.45) is 4.44. The number of nitrogens with one attached hydrogen (secondary N) is 1. The first-order valence-electron chi connectivity index (χ1n) is 6.71. The summed E-state index contributed by atoms with van der Waals surface area (Å²) < 4.78 is 14.3. The quantitative estimate of drug-likeness (QED) is 0.803. The molecule has 114 valence electrons.